The van der Waals surface area contributed by atoms with E-state index in [2.05, 4.69) is 4.57 Å². The molecule has 1 aliphatic heterocycles. The highest BCUT2D eigenvalue weighted by atomic mass is 35.5. The van der Waals surface area contributed by atoms with Gasteiger partial charge in [0.1, 0.15) is 29.5 Å². The second-order valence-corrected chi connectivity index (χ2v) is 10.8. The van der Waals surface area contributed by atoms with Crippen molar-refractivity contribution in [2.24, 2.45) is 5.92 Å². The zero-order valence-electron chi connectivity index (χ0n) is 21.6. The highest BCUT2D eigenvalue weighted by molar-refractivity contribution is 6.30. The zero-order chi connectivity index (χ0) is 25.7. The lowest BCUT2D eigenvalue weighted by Crippen LogP contribution is -2.42. The number of hydrogen-bond acceptors (Lipinski definition) is 5. The Morgan fingerprint density at radius 2 is 1.89 bits per heavy atom. The van der Waals surface area contributed by atoms with Crippen LogP contribution in [0.3, 0.4) is 0 Å². The van der Waals surface area contributed by atoms with Gasteiger partial charge in [-0.05, 0) is 88.8 Å². The minimum atomic E-state index is -0.474. The average molecular weight is 514 g/mol. The number of imidazole rings is 1. The van der Waals surface area contributed by atoms with E-state index < -0.39 is 5.60 Å². The molecule has 0 spiro atoms. The Morgan fingerprint density at radius 1 is 1.14 bits per heavy atom. The van der Waals surface area contributed by atoms with Crippen LogP contribution >= 0.6 is 11.6 Å². The summed E-state index contributed by atoms with van der Waals surface area (Å²) in [5.41, 5.74) is 1.47. The number of nitrogens with zero attached hydrogens (tertiary/aromatic N) is 3. The van der Waals surface area contributed by atoms with E-state index in [0.29, 0.717) is 17.5 Å². The molecule has 7 nitrogen and oxygen atoms in total. The second-order valence-electron chi connectivity index (χ2n) is 10.4. The minimum absolute atomic E-state index is 0.207. The maximum Gasteiger partial charge on any atom is 0.410 e. The summed E-state index contributed by atoms with van der Waals surface area (Å²) in [5, 5.41) is 0.676. The van der Waals surface area contributed by atoms with E-state index >= 15 is 0 Å². The number of fused-ring (bicyclic) bond motifs is 1. The predicted molar refractivity (Wildman–Crippen MR) is 142 cm³/mol. The van der Waals surface area contributed by atoms with Crippen molar-refractivity contribution in [3.8, 4) is 11.5 Å². The molecule has 1 aliphatic rings. The van der Waals surface area contributed by atoms with E-state index in [9.17, 15) is 4.79 Å². The first-order chi connectivity index (χ1) is 17.2. The molecule has 1 aromatic heterocycles. The molecule has 2 heterocycles. The molecule has 3 aromatic rings. The number of rotatable bonds is 8. The van der Waals surface area contributed by atoms with Crippen molar-refractivity contribution >= 4 is 28.7 Å². The fourth-order valence-corrected chi connectivity index (χ4v) is 4.77. The van der Waals surface area contributed by atoms with Gasteiger partial charge in [-0.1, -0.05) is 11.6 Å². The zero-order valence-corrected chi connectivity index (χ0v) is 22.4. The van der Waals surface area contributed by atoms with Crippen LogP contribution in [0, 0.1) is 5.92 Å². The molecule has 0 radical (unpaired) electrons. The molecule has 1 saturated heterocycles. The van der Waals surface area contributed by atoms with Gasteiger partial charge in [-0.25, -0.2) is 9.78 Å². The molecule has 194 valence electrons. The van der Waals surface area contributed by atoms with E-state index in [1.807, 2.05) is 68.1 Å². The number of amides is 1. The Labute approximate surface area is 218 Å². The first-order valence-corrected chi connectivity index (χ1v) is 13.0. The van der Waals surface area contributed by atoms with Crippen LogP contribution in [0.4, 0.5) is 4.79 Å². The number of aryl methyl sites for hydroxylation is 1. The molecule has 0 aliphatic carbocycles. The van der Waals surface area contributed by atoms with Crippen molar-refractivity contribution in [2.45, 2.75) is 65.2 Å². The third-order valence-corrected chi connectivity index (χ3v) is 6.63. The number of benzene rings is 2. The summed E-state index contributed by atoms with van der Waals surface area (Å²) >= 11 is 6.00. The van der Waals surface area contributed by atoms with E-state index in [1.165, 1.54) is 0 Å². The van der Waals surface area contributed by atoms with Crippen molar-refractivity contribution in [1.82, 2.24) is 14.5 Å². The Bertz CT molecular complexity index is 1170. The third-order valence-electron chi connectivity index (χ3n) is 6.38. The predicted octanol–water partition coefficient (Wildman–Crippen LogP) is 6.70. The molecule has 8 heteroatoms. The quantitative estimate of drug-likeness (QED) is 0.335. The molecule has 36 heavy (non-hydrogen) atoms. The number of hydrogen-bond donors (Lipinski definition) is 0. The van der Waals surface area contributed by atoms with Crippen molar-refractivity contribution in [2.75, 3.05) is 20.2 Å². The lowest BCUT2D eigenvalue weighted by molar-refractivity contribution is 0.0160. The summed E-state index contributed by atoms with van der Waals surface area (Å²) in [5.74, 6) is 2.88. The van der Waals surface area contributed by atoms with E-state index in [1.54, 1.807) is 7.11 Å². The molecule has 0 N–H and O–H groups in total. The highest BCUT2D eigenvalue weighted by Gasteiger charge is 2.27. The largest absolute Gasteiger partial charge is 0.497 e. The SMILES string of the molecule is COc1ccc2nc(COc3ccc(Cl)cc3)n(CCCC3CCCN(C(=O)OC(C)(C)C)C3)c2c1. The average Bonchev–Trinajstić information content (AvgIpc) is 3.19. The minimum Gasteiger partial charge on any atom is -0.497 e. The molecule has 2 aromatic carbocycles. The number of likely N-dealkylation sites (tertiary alicyclic amines) is 1. The summed E-state index contributed by atoms with van der Waals surface area (Å²) in [6.07, 6.45) is 3.94. The Morgan fingerprint density at radius 3 is 2.61 bits per heavy atom. The first kappa shape index (κ1) is 26.1. The van der Waals surface area contributed by atoms with Crippen LogP contribution in [-0.2, 0) is 17.9 Å². The van der Waals surface area contributed by atoms with E-state index in [0.717, 1.165) is 73.7 Å². The lowest BCUT2D eigenvalue weighted by Gasteiger charge is -2.34. The number of carbonyl (C=O) groups excluding carboxylic acids is 1. The number of piperidine rings is 1. The van der Waals surface area contributed by atoms with Gasteiger partial charge in [0.2, 0.25) is 0 Å². The van der Waals surface area contributed by atoms with Gasteiger partial charge in [0.15, 0.2) is 0 Å². The van der Waals surface area contributed by atoms with Crippen molar-refractivity contribution in [3.63, 3.8) is 0 Å². The first-order valence-electron chi connectivity index (χ1n) is 12.6. The summed E-state index contributed by atoms with van der Waals surface area (Å²) < 4.78 is 19.3. The maximum atomic E-state index is 12.5. The summed E-state index contributed by atoms with van der Waals surface area (Å²) in [6.45, 7) is 8.41. The van der Waals surface area contributed by atoms with Gasteiger partial charge >= 0.3 is 6.09 Å². The third kappa shape index (κ3) is 6.84. The Hall–Kier alpha value is -2.93. The topological polar surface area (TPSA) is 65.8 Å². The fraction of sp³-hybridized carbons (Fsp3) is 0.500. The summed E-state index contributed by atoms with van der Waals surface area (Å²) in [4.78, 5) is 19.2. The van der Waals surface area contributed by atoms with Crippen LogP contribution in [0.15, 0.2) is 42.5 Å². The van der Waals surface area contributed by atoms with Gasteiger partial charge in [-0.3, -0.25) is 0 Å². The fourth-order valence-electron chi connectivity index (χ4n) is 4.65. The Kier molecular flexibility index (Phi) is 8.29. The number of carbonyl (C=O) groups is 1. The highest BCUT2D eigenvalue weighted by Crippen LogP contribution is 2.27. The van der Waals surface area contributed by atoms with Gasteiger partial charge in [0.25, 0.3) is 0 Å². The van der Waals surface area contributed by atoms with Crippen LogP contribution in [-0.4, -0.2) is 46.3 Å². The molecule has 1 fully saturated rings. The Balaban J connectivity index is 1.42. The number of halogens is 1. The number of ether oxygens (including phenoxy) is 3. The van der Waals surface area contributed by atoms with Crippen LogP contribution in [0.2, 0.25) is 5.02 Å². The van der Waals surface area contributed by atoms with Crippen LogP contribution in [0.5, 0.6) is 11.5 Å². The summed E-state index contributed by atoms with van der Waals surface area (Å²) in [6, 6.07) is 13.3. The van der Waals surface area contributed by atoms with Gasteiger partial charge in [-0.15, -0.1) is 0 Å². The van der Waals surface area contributed by atoms with Gasteiger partial charge in [0, 0.05) is 30.7 Å². The molecular formula is C28H36ClN3O4. The van der Waals surface area contributed by atoms with Crippen molar-refractivity contribution in [1.29, 1.82) is 0 Å². The van der Waals surface area contributed by atoms with Crippen molar-refractivity contribution < 1.29 is 19.0 Å². The van der Waals surface area contributed by atoms with E-state index in [-0.39, 0.29) is 6.09 Å². The standard InChI is InChI=1S/C28H36ClN3O4/c1-28(2,3)36-27(33)31-15-5-7-20(18-31)8-6-16-32-25-17-23(34-4)13-14-24(25)30-26(32)19-35-22-11-9-21(29)10-12-22/h9-14,17,20H,5-8,15-16,18-19H2,1-4H3. The normalized spacial score (nSPS) is 16.2. The van der Waals surface area contributed by atoms with Crippen molar-refractivity contribution in [3.05, 3.63) is 53.3 Å². The molecular weight excluding hydrogens is 478 g/mol. The van der Waals surface area contributed by atoms with Crippen LogP contribution < -0.4 is 9.47 Å². The van der Waals surface area contributed by atoms with Crippen LogP contribution in [0.1, 0.15) is 52.3 Å². The van der Waals surface area contributed by atoms with Gasteiger partial charge in [-0.2, -0.15) is 0 Å². The molecule has 1 atom stereocenters. The van der Waals surface area contributed by atoms with Crippen LogP contribution in [0.25, 0.3) is 11.0 Å². The van der Waals surface area contributed by atoms with Gasteiger partial charge < -0.3 is 23.7 Å². The summed E-state index contributed by atoms with van der Waals surface area (Å²) in [7, 11) is 1.67. The maximum absolute atomic E-state index is 12.5. The molecule has 0 saturated carbocycles. The number of methoxy groups -OCH3 is 1. The van der Waals surface area contributed by atoms with E-state index in [4.69, 9.17) is 30.8 Å². The smallest absolute Gasteiger partial charge is 0.410 e. The molecule has 4 rings (SSSR count). The van der Waals surface area contributed by atoms with Gasteiger partial charge in [0.05, 0.1) is 18.1 Å². The molecule has 1 unspecified atom stereocenters. The molecule has 0 bridgehead atoms. The second kappa shape index (κ2) is 11.4. The number of aromatic nitrogens is 2. The lowest BCUT2D eigenvalue weighted by atomic mass is 9.93. The monoisotopic (exact) mass is 513 g/mol. The molecule has 1 amide bonds.